The van der Waals surface area contributed by atoms with Crippen LogP contribution in [-0.4, -0.2) is 24.8 Å². The molecule has 1 aromatic rings. The second-order valence-electron chi connectivity index (χ2n) is 3.98. The van der Waals surface area contributed by atoms with E-state index >= 15 is 0 Å². The first-order valence-corrected chi connectivity index (χ1v) is 6.31. The van der Waals surface area contributed by atoms with Crippen molar-refractivity contribution in [3.05, 3.63) is 29.8 Å². The van der Waals surface area contributed by atoms with Crippen molar-refractivity contribution in [3.63, 3.8) is 0 Å². The van der Waals surface area contributed by atoms with E-state index in [0.29, 0.717) is 25.9 Å². The maximum absolute atomic E-state index is 11.4. The van der Waals surface area contributed by atoms with Crippen molar-refractivity contribution in [2.45, 2.75) is 26.7 Å². The number of anilines is 1. The zero-order chi connectivity index (χ0) is 13.4. The summed E-state index contributed by atoms with van der Waals surface area (Å²) in [7, 11) is 0. The average molecular weight is 248 g/mol. The second kappa shape index (κ2) is 7.48. The summed E-state index contributed by atoms with van der Waals surface area (Å²) < 4.78 is 0. The molecule has 0 spiro atoms. The highest BCUT2D eigenvalue weighted by Crippen LogP contribution is 2.11. The molecule has 1 rings (SSSR count). The smallest absolute Gasteiger partial charge is 0.221 e. The van der Waals surface area contributed by atoms with Gasteiger partial charge in [0.2, 0.25) is 5.91 Å². The molecule has 0 saturated heterocycles. The Labute approximate surface area is 108 Å². The van der Waals surface area contributed by atoms with Gasteiger partial charge in [0.15, 0.2) is 5.78 Å². The lowest BCUT2D eigenvalue weighted by Crippen LogP contribution is -2.24. The fourth-order valence-electron chi connectivity index (χ4n) is 1.58. The van der Waals surface area contributed by atoms with Crippen LogP contribution in [0, 0.1) is 0 Å². The van der Waals surface area contributed by atoms with Crippen molar-refractivity contribution in [2.75, 3.05) is 18.4 Å². The number of benzene rings is 1. The monoisotopic (exact) mass is 248 g/mol. The van der Waals surface area contributed by atoms with Crippen molar-refractivity contribution < 1.29 is 9.59 Å². The van der Waals surface area contributed by atoms with Gasteiger partial charge >= 0.3 is 0 Å². The van der Waals surface area contributed by atoms with Gasteiger partial charge in [-0.2, -0.15) is 0 Å². The predicted octanol–water partition coefficient (Wildman–Crippen LogP) is 2.22. The van der Waals surface area contributed by atoms with Gasteiger partial charge in [0.1, 0.15) is 0 Å². The standard InChI is InChI=1S/C14H20N2O2/c1-3-13(17)11-5-7-12(8-6-11)16-10-9-14(18)15-4-2/h5-8,16H,3-4,9-10H2,1-2H3,(H,15,18). The van der Waals surface area contributed by atoms with Crippen LogP contribution in [0.2, 0.25) is 0 Å². The van der Waals surface area contributed by atoms with Crippen LogP contribution in [0.3, 0.4) is 0 Å². The minimum atomic E-state index is 0.0442. The minimum Gasteiger partial charge on any atom is -0.385 e. The van der Waals surface area contributed by atoms with Crippen LogP contribution >= 0.6 is 0 Å². The zero-order valence-corrected chi connectivity index (χ0v) is 11.0. The molecular formula is C14H20N2O2. The number of carbonyl (C=O) groups excluding carboxylic acids is 2. The van der Waals surface area contributed by atoms with E-state index in [0.717, 1.165) is 11.3 Å². The van der Waals surface area contributed by atoms with Crippen LogP contribution in [-0.2, 0) is 4.79 Å². The van der Waals surface area contributed by atoms with Crippen molar-refractivity contribution in [1.29, 1.82) is 0 Å². The third-order valence-electron chi connectivity index (χ3n) is 2.58. The van der Waals surface area contributed by atoms with E-state index in [-0.39, 0.29) is 11.7 Å². The largest absolute Gasteiger partial charge is 0.385 e. The van der Waals surface area contributed by atoms with Crippen LogP contribution in [0.15, 0.2) is 24.3 Å². The Bertz CT molecular complexity index is 399. The van der Waals surface area contributed by atoms with Gasteiger partial charge in [-0.3, -0.25) is 9.59 Å². The van der Waals surface area contributed by atoms with E-state index in [9.17, 15) is 9.59 Å². The van der Waals surface area contributed by atoms with E-state index in [1.54, 1.807) is 12.1 Å². The SMILES string of the molecule is CCNC(=O)CCNc1ccc(C(=O)CC)cc1. The average Bonchev–Trinajstić information content (AvgIpc) is 2.39. The molecule has 1 amide bonds. The molecule has 18 heavy (non-hydrogen) atoms. The molecule has 0 unspecified atom stereocenters. The number of nitrogens with one attached hydrogen (secondary N) is 2. The number of rotatable bonds is 7. The Hall–Kier alpha value is -1.84. The van der Waals surface area contributed by atoms with Crippen LogP contribution in [0.4, 0.5) is 5.69 Å². The first-order chi connectivity index (χ1) is 8.67. The number of hydrogen-bond donors (Lipinski definition) is 2. The van der Waals surface area contributed by atoms with E-state index in [2.05, 4.69) is 10.6 Å². The van der Waals surface area contributed by atoms with E-state index in [4.69, 9.17) is 0 Å². The van der Waals surface area contributed by atoms with Gasteiger partial charge in [0.25, 0.3) is 0 Å². The van der Waals surface area contributed by atoms with Gasteiger partial charge in [-0.15, -0.1) is 0 Å². The van der Waals surface area contributed by atoms with Crippen LogP contribution < -0.4 is 10.6 Å². The topological polar surface area (TPSA) is 58.2 Å². The molecule has 0 saturated carbocycles. The molecule has 0 aromatic heterocycles. The maximum atomic E-state index is 11.4. The van der Waals surface area contributed by atoms with Crippen molar-refractivity contribution in [3.8, 4) is 0 Å². The highest BCUT2D eigenvalue weighted by atomic mass is 16.1. The summed E-state index contributed by atoms with van der Waals surface area (Å²) in [5.74, 6) is 0.187. The molecule has 0 heterocycles. The van der Waals surface area contributed by atoms with Crippen molar-refractivity contribution in [2.24, 2.45) is 0 Å². The summed E-state index contributed by atoms with van der Waals surface area (Å²) in [5.41, 5.74) is 1.65. The quantitative estimate of drug-likeness (QED) is 0.727. The summed E-state index contributed by atoms with van der Waals surface area (Å²) in [6, 6.07) is 7.34. The first-order valence-electron chi connectivity index (χ1n) is 6.31. The highest BCUT2D eigenvalue weighted by molar-refractivity contribution is 5.96. The van der Waals surface area contributed by atoms with Crippen LogP contribution in [0.1, 0.15) is 37.0 Å². The van der Waals surface area contributed by atoms with Crippen molar-refractivity contribution in [1.82, 2.24) is 5.32 Å². The van der Waals surface area contributed by atoms with E-state index < -0.39 is 0 Å². The summed E-state index contributed by atoms with van der Waals surface area (Å²) in [5, 5.41) is 5.89. The third kappa shape index (κ3) is 4.57. The molecule has 0 bridgehead atoms. The molecule has 4 nitrogen and oxygen atoms in total. The summed E-state index contributed by atoms with van der Waals surface area (Å²) in [6.45, 7) is 5.00. The Morgan fingerprint density at radius 3 is 2.33 bits per heavy atom. The molecule has 0 aliphatic rings. The summed E-state index contributed by atoms with van der Waals surface area (Å²) in [6.07, 6.45) is 0.966. The van der Waals surface area contributed by atoms with E-state index in [1.807, 2.05) is 26.0 Å². The number of ketones is 1. The van der Waals surface area contributed by atoms with Gasteiger partial charge < -0.3 is 10.6 Å². The number of amides is 1. The number of hydrogen-bond acceptors (Lipinski definition) is 3. The molecule has 0 atom stereocenters. The van der Waals surface area contributed by atoms with Gasteiger partial charge in [-0.05, 0) is 31.2 Å². The Balaban J connectivity index is 2.40. The molecule has 4 heteroatoms. The van der Waals surface area contributed by atoms with Gasteiger partial charge in [-0.25, -0.2) is 0 Å². The van der Waals surface area contributed by atoms with Crippen LogP contribution in [0.5, 0.6) is 0 Å². The third-order valence-corrected chi connectivity index (χ3v) is 2.58. The lowest BCUT2D eigenvalue weighted by molar-refractivity contribution is -0.120. The molecule has 2 N–H and O–H groups in total. The maximum Gasteiger partial charge on any atom is 0.221 e. The fraction of sp³-hybridized carbons (Fsp3) is 0.429. The molecule has 0 aliphatic carbocycles. The summed E-state index contributed by atoms with van der Waals surface area (Å²) >= 11 is 0. The normalized spacial score (nSPS) is 9.89. The molecule has 1 aromatic carbocycles. The lowest BCUT2D eigenvalue weighted by Gasteiger charge is -2.07. The van der Waals surface area contributed by atoms with E-state index in [1.165, 1.54) is 0 Å². The summed E-state index contributed by atoms with van der Waals surface area (Å²) in [4.78, 5) is 22.6. The molecular weight excluding hydrogens is 228 g/mol. The Morgan fingerprint density at radius 1 is 1.11 bits per heavy atom. The lowest BCUT2D eigenvalue weighted by atomic mass is 10.1. The minimum absolute atomic E-state index is 0.0442. The molecule has 0 radical (unpaired) electrons. The van der Waals surface area contributed by atoms with Gasteiger partial charge in [-0.1, -0.05) is 6.92 Å². The number of Topliss-reactive ketones (excluding diaryl/α,β-unsaturated/α-hetero) is 1. The zero-order valence-electron chi connectivity index (χ0n) is 11.0. The predicted molar refractivity (Wildman–Crippen MR) is 72.9 cm³/mol. The second-order valence-corrected chi connectivity index (χ2v) is 3.98. The first kappa shape index (κ1) is 14.2. The molecule has 0 fully saturated rings. The fourth-order valence-corrected chi connectivity index (χ4v) is 1.58. The molecule has 98 valence electrons. The van der Waals surface area contributed by atoms with Gasteiger partial charge in [0, 0.05) is 37.2 Å². The van der Waals surface area contributed by atoms with Gasteiger partial charge in [0.05, 0.1) is 0 Å². The Kier molecular flexibility index (Phi) is 5.91. The van der Waals surface area contributed by atoms with Crippen molar-refractivity contribution >= 4 is 17.4 Å². The highest BCUT2D eigenvalue weighted by Gasteiger charge is 2.02. The van der Waals surface area contributed by atoms with Crippen LogP contribution in [0.25, 0.3) is 0 Å². The molecule has 0 aliphatic heterocycles. The number of carbonyl (C=O) groups is 2. The Morgan fingerprint density at radius 2 is 1.78 bits per heavy atom.